The molecule has 0 aromatic carbocycles. The smallest absolute Gasteiger partial charge is 0.310 e. The van der Waals surface area contributed by atoms with Gasteiger partial charge in [-0.1, -0.05) is 6.07 Å². The summed E-state index contributed by atoms with van der Waals surface area (Å²) in [5.74, 6) is -0.428. The van der Waals surface area contributed by atoms with Crippen LogP contribution >= 0.6 is 0 Å². The largest absolute Gasteiger partial charge is 0.469 e. The standard InChI is InChI=1S/C15H17N3O3/c1-21-15(20)11-5-7-18(9-11)14(19)8-12-10-17-6-3-2-4-13(17)16-12/h2-4,6,10-11H,5,7-9H2,1H3. The van der Waals surface area contributed by atoms with Crippen LogP contribution in [0.15, 0.2) is 30.6 Å². The van der Waals surface area contributed by atoms with E-state index in [4.69, 9.17) is 4.74 Å². The number of likely N-dealkylation sites (tertiary alicyclic amines) is 1. The summed E-state index contributed by atoms with van der Waals surface area (Å²) in [5.41, 5.74) is 1.57. The molecule has 1 saturated heterocycles. The van der Waals surface area contributed by atoms with Crippen LogP contribution in [0.2, 0.25) is 0 Å². The molecule has 1 amide bonds. The number of hydrogen-bond donors (Lipinski definition) is 0. The summed E-state index contributed by atoms with van der Waals surface area (Å²) in [7, 11) is 1.38. The lowest BCUT2D eigenvalue weighted by Gasteiger charge is -2.15. The van der Waals surface area contributed by atoms with E-state index in [-0.39, 0.29) is 24.2 Å². The zero-order valence-corrected chi connectivity index (χ0v) is 11.9. The van der Waals surface area contributed by atoms with Crippen molar-refractivity contribution in [2.75, 3.05) is 20.2 Å². The van der Waals surface area contributed by atoms with Crippen LogP contribution in [0.25, 0.3) is 5.65 Å². The van der Waals surface area contributed by atoms with Gasteiger partial charge in [-0.25, -0.2) is 4.98 Å². The first kappa shape index (κ1) is 13.6. The summed E-state index contributed by atoms with van der Waals surface area (Å²) in [5, 5.41) is 0. The van der Waals surface area contributed by atoms with Gasteiger partial charge in [0.1, 0.15) is 5.65 Å². The number of carbonyl (C=O) groups excluding carboxylic acids is 2. The molecule has 3 rings (SSSR count). The SMILES string of the molecule is COC(=O)C1CCN(C(=O)Cc2cn3ccccc3n2)C1. The fourth-order valence-electron chi connectivity index (χ4n) is 2.68. The molecule has 1 aliphatic rings. The number of carbonyl (C=O) groups is 2. The Kier molecular flexibility index (Phi) is 3.60. The van der Waals surface area contributed by atoms with E-state index >= 15 is 0 Å². The van der Waals surface area contributed by atoms with Crippen LogP contribution in [-0.2, 0) is 20.7 Å². The number of nitrogens with zero attached hydrogens (tertiary/aromatic N) is 3. The summed E-state index contributed by atoms with van der Waals surface area (Å²) in [6.07, 6.45) is 4.69. The second-order valence-electron chi connectivity index (χ2n) is 5.22. The van der Waals surface area contributed by atoms with E-state index in [1.54, 1.807) is 4.90 Å². The highest BCUT2D eigenvalue weighted by Crippen LogP contribution is 2.18. The number of ether oxygens (including phenoxy) is 1. The number of aromatic nitrogens is 2. The van der Waals surface area contributed by atoms with Crippen LogP contribution in [0, 0.1) is 5.92 Å². The van der Waals surface area contributed by atoms with Gasteiger partial charge in [-0.15, -0.1) is 0 Å². The van der Waals surface area contributed by atoms with E-state index in [1.165, 1.54) is 7.11 Å². The maximum atomic E-state index is 12.3. The van der Waals surface area contributed by atoms with Crippen molar-refractivity contribution in [2.45, 2.75) is 12.8 Å². The highest BCUT2D eigenvalue weighted by Gasteiger charge is 2.31. The third-order valence-electron chi connectivity index (χ3n) is 3.82. The minimum absolute atomic E-state index is 0.00445. The number of fused-ring (bicyclic) bond motifs is 1. The van der Waals surface area contributed by atoms with Gasteiger partial charge in [0.2, 0.25) is 5.91 Å². The van der Waals surface area contributed by atoms with E-state index in [0.717, 1.165) is 11.3 Å². The maximum Gasteiger partial charge on any atom is 0.310 e. The lowest BCUT2D eigenvalue weighted by atomic mass is 10.1. The first-order valence-corrected chi connectivity index (χ1v) is 6.95. The topological polar surface area (TPSA) is 63.9 Å². The van der Waals surface area contributed by atoms with Crippen molar-refractivity contribution in [3.05, 3.63) is 36.3 Å². The second-order valence-corrected chi connectivity index (χ2v) is 5.22. The molecule has 110 valence electrons. The summed E-state index contributed by atoms with van der Waals surface area (Å²) in [6, 6.07) is 5.73. The molecule has 3 heterocycles. The van der Waals surface area contributed by atoms with Crippen molar-refractivity contribution >= 4 is 17.5 Å². The lowest BCUT2D eigenvalue weighted by Crippen LogP contribution is -2.31. The predicted molar refractivity (Wildman–Crippen MR) is 75.6 cm³/mol. The number of amides is 1. The van der Waals surface area contributed by atoms with E-state index < -0.39 is 0 Å². The van der Waals surface area contributed by atoms with Crippen LogP contribution in [0.5, 0.6) is 0 Å². The van der Waals surface area contributed by atoms with E-state index in [2.05, 4.69) is 4.98 Å². The number of methoxy groups -OCH3 is 1. The van der Waals surface area contributed by atoms with Gasteiger partial charge in [0.15, 0.2) is 0 Å². The third-order valence-corrected chi connectivity index (χ3v) is 3.82. The van der Waals surface area contributed by atoms with Crippen LogP contribution < -0.4 is 0 Å². The summed E-state index contributed by atoms with van der Waals surface area (Å²) >= 11 is 0. The number of pyridine rings is 1. The first-order chi connectivity index (χ1) is 10.2. The Morgan fingerprint density at radius 2 is 2.29 bits per heavy atom. The van der Waals surface area contributed by atoms with Gasteiger partial charge in [-0.3, -0.25) is 9.59 Å². The van der Waals surface area contributed by atoms with Gasteiger partial charge >= 0.3 is 5.97 Å². The number of hydrogen-bond acceptors (Lipinski definition) is 4. The van der Waals surface area contributed by atoms with Gasteiger partial charge in [-0.2, -0.15) is 0 Å². The molecule has 0 saturated carbocycles. The van der Waals surface area contributed by atoms with Crippen molar-refractivity contribution in [1.29, 1.82) is 0 Å². The molecule has 6 heteroatoms. The molecule has 1 fully saturated rings. The average molecular weight is 287 g/mol. The number of imidazole rings is 1. The zero-order valence-electron chi connectivity index (χ0n) is 11.9. The molecular formula is C15H17N3O3. The first-order valence-electron chi connectivity index (χ1n) is 6.95. The van der Waals surface area contributed by atoms with Gasteiger partial charge < -0.3 is 14.0 Å². The second kappa shape index (κ2) is 5.55. The lowest BCUT2D eigenvalue weighted by molar-refractivity contribution is -0.145. The molecular weight excluding hydrogens is 270 g/mol. The molecule has 0 radical (unpaired) electrons. The van der Waals surface area contributed by atoms with Gasteiger partial charge in [0, 0.05) is 25.5 Å². The molecule has 0 bridgehead atoms. The maximum absolute atomic E-state index is 12.3. The van der Waals surface area contributed by atoms with Gasteiger partial charge in [0.05, 0.1) is 25.1 Å². The predicted octanol–water partition coefficient (Wildman–Crippen LogP) is 0.898. The quantitative estimate of drug-likeness (QED) is 0.787. The third kappa shape index (κ3) is 2.74. The highest BCUT2D eigenvalue weighted by molar-refractivity contribution is 5.80. The minimum Gasteiger partial charge on any atom is -0.469 e. The fraction of sp³-hybridized carbons (Fsp3) is 0.400. The Hall–Kier alpha value is -2.37. The zero-order chi connectivity index (χ0) is 14.8. The van der Waals surface area contributed by atoms with Crippen molar-refractivity contribution in [3.8, 4) is 0 Å². The van der Waals surface area contributed by atoms with Crippen molar-refractivity contribution in [3.63, 3.8) is 0 Å². The van der Waals surface area contributed by atoms with Crippen molar-refractivity contribution < 1.29 is 14.3 Å². The van der Waals surface area contributed by atoms with Crippen LogP contribution in [0.1, 0.15) is 12.1 Å². The molecule has 1 aliphatic heterocycles. The number of rotatable bonds is 3. The summed E-state index contributed by atoms with van der Waals surface area (Å²) < 4.78 is 6.62. The van der Waals surface area contributed by atoms with E-state index in [9.17, 15) is 9.59 Å². The minimum atomic E-state index is -0.238. The molecule has 2 aromatic rings. The Balaban J connectivity index is 1.65. The van der Waals surface area contributed by atoms with Gasteiger partial charge in [-0.05, 0) is 18.6 Å². The fourth-order valence-corrected chi connectivity index (χ4v) is 2.68. The molecule has 2 aromatic heterocycles. The molecule has 1 atom stereocenters. The van der Waals surface area contributed by atoms with Crippen LogP contribution in [-0.4, -0.2) is 46.4 Å². The van der Waals surface area contributed by atoms with Crippen LogP contribution in [0.4, 0.5) is 0 Å². The summed E-state index contributed by atoms with van der Waals surface area (Å²) in [6.45, 7) is 1.05. The highest BCUT2D eigenvalue weighted by atomic mass is 16.5. The molecule has 1 unspecified atom stereocenters. The normalized spacial score (nSPS) is 18.1. The Labute approximate surface area is 122 Å². The molecule has 0 spiro atoms. The Morgan fingerprint density at radius 3 is 3.05 bits per heavy atom. The molecule has 0 N–H and O–H groups in total. The van der Waals surface area contributed by atoms with Gasteiger partial charge in [0.25, 0.3) is 0 Å². The average Bonchev–Trinajstić information content (AvgIpc) is 3.12. The van der Waals surface area contributed by atoms with Crippen molar-refractivity contribution in [2.24, 2.45) is 5.92 Å². The summed E-state index contributed by atoms with van der Waals surface area (Å²) in [4.78, 5) is 29.9. The Bertz CT molecular complexity index is 647. The van der Waals surface area contributed by atoms with Crippen molar-refractivity contribution in [1.82, 2.24) is 14.3 Å². The molecule has 0 aliphatic carbocycles. The molecule has 21 heavy (non-hydrogen) atoms. The monoisotopic (exact) mass is 287 g/mol. The Morgan fingerprint density at radius 1 is 1.43 bits per heavy atom. The van der Waals surface area contributed by atoms with E-state index in [1.807, 2.05) is 35.0 Å². The number of esters is 1. The van der Waals surface area contributed by atoms with E-state index in [0.29, 0.717) is 19.5 Å². The molecule has 6 nitrogen and oxygen atoms in total. The van der Waals surface area contributed by atoms with Crippen LogP contribution in [0.3, 0.4) is 0 Å².